The van der Waals surface area contributed by atoms with Crippen LogP contribution in [0.25, 0.3) is 0 Å². The van der Waals surface area contributed by atoms with E-state index in [4.69, 9.17) is 4.18 Å². The predicted octanol–water partition coefficient (Wildman–Crippen LogP) is 17.0. The van der Waals surface area contributed by atoms with Crippen molar-refractivity contribution < 1.29 is 64.8 Å². The first-order valence-corrected chi connectivity index (χ1v) is 55.0. The first kappa shape index (κ1) is 73.4. The Kier molecular flexibility index (Phi) is 16.7. The SMILES string of the molecule is CCCC1CCCC2C1CC1C3CC4C(OS(=O)O)CC5CCC6C7CC8C9CCC%10CC(S(=O)(=O)O)C%11CCC%12CC(C%13CCC%14C%15CCCC%16C(CCC)CC%17C(C%16%15)C%15C(CCC%13C%14%15)CC%17S(=O)(=O)O)C%13CCC(C8C8CC(S(=O)(=O)O)C%14CC%15CC(CC1C2S(=O)(=O)O)C3C1C%15C(C%14C78)C6C5C41)C1C%13C%12C%11C%10C91. The molecule has 25 saturated carbocycles. The molecule has 25 fully saturated rings. The Balaban J connectivity index is 0.603. The smallest absolute Gasteiger partial charge is 0.285 e. The fourth-order valence-electron chi connectivity index (χ4n) is 46.1. The molecule has 56 atom stereocenters. The molecule has 0 aromatic carbocycles. The Labute approximate surface area is 667 Å². The van der Waals surface area contributed by atoms with Gasteiger partial charge in [-0.3, -0.25) is 26.9 Å². The largest absolute Gasteiger partial charge is 0.302 e. The lowest BCUT2D eigenvalue weighted by Gasteiger charge is -2.80. The standard InChI is InChI=1S/C91H134O15S5/c1-3-7-37-9-5-12-53-56(37)33-58-61-35-63-67(106-107(92)93)30-40-13-18-52-60-34-59-51-19-15-42-31-68(108(94,95)96)54-20-16-39-27-57(46-21-22-49-47-11-6-10-45-38(8-4-2)26-64-69(109(97,98)99)32-41-14-17-48(46)79(49)72(41)87(64)78(45)47)50-23-24-55(85-81(50)73(39)84(54)75(42)82(51)85)77(59)66-36-70(110(100,101)102)65-29-44-25-43(28-62(58)91(53)111(103,104)105)71(61)89-76(44)90(88(65)80(60)66)83(52)74(40)86(63)89/h37-91H,3-36H2,1-2H3,(H,92,93)(H,94,95,96)(H,97,98,99)(H,100,101,102)(H,103,104,105). The van der Waals surface area contributed by atoms with Crippen LogP contribution in [-0.2, 0) is 56.0 Å². The van der Waals surface area contributed by atoms with E-state index in [1.54, 1.807) is 0 Å². The van der Waals surface area contributed by atoms with Gasteiger partial charge in [-0.1, -0.05) is 58.8 Å². The molecule has 0 spiro atoms. The predicted molar refractivity (Wildman–Crippen MR) is 420 cm³/mol. The third-order valence-corrected chi connectivity index (χ3v) is 51.8. The summed E-state index contributed by atoms with van der Waals surface area (Å²) in [5, 5.41) is -2.94. The highest BCUT2D eigenvalue weighted by Crippen LogP contribution is 2.85. The zero-order valence-corrected chi connectivity index (χ0v) is 70.2. The Morgan fingerprint density at radius 3 is 1.34 bits per heavy atom. The van der Waals surface area contributed by atoms with E-state index >= 15 is 8.42 Å². The van der Waals surface area contributed by atoms with Crippen LogP contribution in [0.3, 0.4) is 0 Å². The van der Waals surface area contributed by atoms with Gasteiger partial charge in [0.1, 0.15) is 0 Å². The van der Waals surface area contributed by atoms with Crippen LogP contribution in [0.4, 0.5) is 0 Å². The van der Waals surface area contributed by atoms with E-state index in [0.717, 1.165) is 128 Å². The molecule has 25 rings (SSSR count). The molecule has 0 aromatic rings. The summed E-state index contributed by atoms with van der Waals surface area (Å²) in [7, 11) is -17.5. The highest BCUT2D eigenvalue weighted by Gasteiger charge is 2.81. The fourth-order valence-corrected chi connectivity index (χ4v) is 51.7. The van der Waals surface area contributed by atoms with Crippen LogP contribution < -0.4 is 0 Å². The van der Waals surface area contributed by atoms with Crippen molar-refractivity contribution in [3.63, 3.8) is 0 Å². The molecule has 0 heterocycles. The summed E-state index contributed by atoms with van der Waals surface area (Å²) in [6.45, 7) is 4.59. The monoisotopic (exact) mass is 1630 g/mol. The summed E-state index contributed by atoms with van der Waals surface area (Å²) in [6, 6.07) is 0. The molecule has 25 aliphatic rings. The second-order valence-corrected chi connectivity index (χ2v) is 54.1. The van der Waals surface area contributed by atoms with Gasteiger partial charge in [-0.2, -0.15) is 37.9 Å². The fraction of sp³-hybridized carbons (Fsp3) is 1.00. The summed E-state index contributed by atoms with van der Waals surface area (Å²) < 4.78 is 194. The quantitative estimate of drug-likeness (QED) is 0.0951. The van der Waals surface area contributed by atoms with E-state index < -0.39 is 72.8 Å². The number of hydrogen-bond acceptors (Lipinski definition) is 10. The molecule has 0 bridgehead atoms. The molecule has 618 valence electrons. The lowest BCUT2D eigenvalue weighted by molar-refractivity contribution is -0.322. The number of rotatable bonds is 11. The van der Waals surface area contributed by atoms with Crippen LogP contribution in [0.2, 0.25) is 0 Å². The highest BCUT2D eigenvalue weighted by molar-refractivity contribution is 7.87. The van der Waals surface area contributed by atoms with Crippen molar-refractivity contribution in [3.05, 3.63) is 0 Å². The van der Waals surface area contributed by atoms with Crippen molar-refractivity contribution in [2.45, 2.75) is 259 Å². The maximum absolute atomic E-state index is 15.4. The molecule has 0 aliphatic heterocycles. The highest BCUT2D eigenvalue weighted by atomic mass is 32.2. The topological polar surface area (TPSA) is 264 Å². The Hall–Kier alpha value is -0.290. The minimum absolute atomic E-state index is 0.0197. The van der Waals surface area contributed by atoms with Crippen molar-refractivity contribution in [1.82, 2.24) is 0 Å². The normalized spacial score (nSPS) is 63.1. The first-order chi connectivity index (χ1) is 53.4. The average Bonchev–Trinajstić information content (AvgIpc) is 0.650. The third-order valence-electron chi connectivity index (χ3n) is 46.1. The van der Waals surface area contributed by atoms with Crippen LogP contribution in [0.5, 0.6) is 0 Å². The van der Waals surface area contributed by atoms with Crippen molar-refractivity contribution in [1.29, 1.82) is 0 Å². The number of fused-ring (bicyclic) bond motifs is 9. The first-order valence-electron chi connectivity index (χ1n) is 48.0. The summed E-state index contributed by atoms with van der Waals surface area (Å²) >= 11 is -2.45. The average molecular weight is 1630 g/mol. The summed E-state index contributed by atoms with van der Waals surface area (Å²) in [5.41, 5.74) is 0. The van der Waals surface area contributed by atoms with Gasteiger partial charge >= 0.3 is 11.4 Å². The number of hydrogen-bond donors (Lipinski definition) is 5. The van der Waals surface area contributed by atoms with Gasteiger partial charge < -0.3 is 0 Å². The Morgan fingerprint density at radius 1 is 0.261 bits per heavy atom. The molecule has 20 heteroatoms. The van der Waals surface area contributed by atoms with E-state index in [0.29, 0.717) is 232 Å². The third kappa shape index (κ3) is 9.84. The lowest BCUT2D eigenvalue weighted by Crippen LogP contribution is -2.76. The summed E-state index contributed by atoms with van der Waals surface area (Å²) in [5.74, 6) is 18.8. The zero-order valence-electron chi connectivity index (χ0n) is 66.2. The molecule has 0 radical (unpaired) electrons. The van der Waals surface area contributed by atoms with Gasteiger partial charge in [-0.25, -0.2) is 0 Å². The van der Waals surface area contributed by atoms with E-state index in [1.807, 2.05) is 0 Å². The maximum atomic E-state index is 15.4. The van der Waals surface area contributed by atoms with Crippen molar-refractivity contribution >= 4 is 51.8 Å². The molecule has 56 unspecified atom stereocenters. The van der Waals surface area contributed by atoms with Crippen LogP contribution in [0.1, 0.15) is 232 Å². The minimum Gasteiger partial charge on any atom is -0.285 e. The summed E-state index contributed by atoms with van der Waals surface area (Å²) in [6.07, 6.45) is 35.0. The minimum atomic E-state index is -4.53. The molecular formula is C91H134O15S5. The second-order valence-electron chi connectivity index (χ2n) is 47.0. The van der Waals surface area contributed by atoms with Crippen molar-refractivity contribution in [3.8, 4) is 0 Å². The van der Waals surface area contributed by atoms with Crippen LogP contribution in [0.15, 0.2) is 0 Å². The van der Waals surface area contributed by atoms with Gasteiger partial charge in [-0.15, -0.1) is 0 Å². The molecule has 0 aromatic heterocycles. The molecule has 0 amide bonds. The molecule has 25 aliphatic carbocycles. The molecule has 5 N–H and O–H groups in total. The van der Waals surface area contributed by atoms with Crippen LogP contribution >= 0.6 is 0 Å². The van der Waals surface area contributed by atoms with E-state index in [-0.39, 0.29) is 89.0 Å². The van der Waals surface area contributed by atoms with Gasteiger partial charge in [0.2, 0.25) is 0 Å². The van der Waals surface area contributed by atoms with E-state index in [2.05, 4.69) is 13.8 Å². The zero-order chi connectivity index (χ0) is 75.1. The van der Waals surface area contributed by atoms with Crippen molar-refractivity contribution in [2.24, 2.45) is 296 Å². The van der Waals surface area contributed by atoms with Crippen LogP contribution in [0, 0.1) is 296 Å². The lowest BCUT2D eigenvalue weighted by atomic mass is 9.25. The molecule has 15 nitrogen and oxygen atoms in total. The second kappa shape index (κ2) is 25.2. The van der Waals surface area contributed by atoms with E-state index in [1.165, 1.54) is 70.6 Å². The van der Waals surface area contributed by atoms with Gasteiger partial charge in [0, 0.05) is 0 Å². The Morgan fingerprint density at radius 2 is 0.658 bits per heavy atom. The van der Waals surface area contributed by atoms with Gasteiger partial charge in [-0.05, 0) is 469 Å². The van der Waals surface area contributed by atoms with Gasteiger partial charge in [0.05, 0.1) is 27.1 Å². The summed E-state index contributed by atoms with van der Waals surface area (Å²) in [4.78, 5) is 0. The molecule has 111 heavy (non-hydrogen) atoms. The molecular weight excluding hydrogens is 1490 g/mol. The van der Waals surface area contributed by atoms with E-state index in [9.17, 15) is 52.2 Å². The van der Waals surface area contributed by atoms with Crippen molar-refractivity contribution in [2.75, 3.05) is 0 Å². The van der Waals surface area contributed by atoms with Gasteiger partial charge in [0.15, 0.2) is 0 Å². The van der Waals surface area contributed by atoms with Crippen LogP contribution in [-0.4, -0.2) is 87.7 Å². The van der Waals surface area contributed by atoms with Gasteiger partial charge in [0.25, 0.3) is 40.5 Å². The Bertz CT molecular complexity index is 4270. The maximum Gasteiger partial charge on any atom is 0.302 e. The molecule has 0 saturated heterocycles.